The molecule has 3 aromatic rings. The second-order valence-corrected chi connectivity index (χ2v) is 4.17. The number of nitrogens with one attached hydrogen (secondary N) is 1. The van der Waals surface area contributed by atoms with Crippen LogP contribution in [0.3, 0.4) is 0 Å². The van der Waals surface area contributed by atoms with Gasteiger partial charge in [0.1, 0.15) is 23.8 Å². The number of anilines is 1. The van der Waals surface area contributed by atoms with Gasteiger partial charge in [0, 0.05) is 11.6 Å². The Kier molecular flexibility index (Phi) is 3.20. The van der Waals surface area contributed by atoms with Gasteiger partial charge in [0.05, 0.1) is 17.8 Å². The maximum atomic E-state index is 13.5. The number of hydrogen-bond acceptors (Lipinski definition) is 4. The van der Waals surface area contributed by atoms with Gasteiger partial charge in [-0.05, 0) is 30.3 Å². The summed E-state index contributed by atoms with van der Waals surface area (Å²) in [5.74, 6) is -0.330. The molecule has 0 fully saturated rings. The molecule has 0 aliphatic carbocycles. The van der Waals surface area contributed by atoms with Crippen molar-refractivity contribution in [3.05, 3.63) is 60.2 Å². The van der Waals surface area contributed by atoms with Gasteiger partial charge in [-0.1, -0.05) is 0 Å². The standard InChI is InChI=1S/C14H10F2N4/c15-9-3-4-12-10(6-9)14(20-8-19-12)18-7-13-11(16)2-1-5-17-13/h1-6,8H,7H2,(H,18,19,20). The molecule has 6 heteroatoms. The Labute approximate surface area is 113 Å². The van der Waals surface area contributed by atoms with Gasteiger partial charge in [0.15, 0.2) is 0 Å². The molecule has 1 aromatic carbocycles. The predicted molar refractivity (Wildman–Crippen MR) is 71.0 cm³/mol. The lowest BCUT2D eigenvalue weighted by Gasteiger charge is -2.08. The van der Waals surface area contributed by atoms with Crippen LogP contribution < -0.4 is 5.32 Å². The van der Waals surface area contributed by atoms with E-state index in [1.54, 1.807) is 6.07 Å². The second-order valence-electron chi connectivity index (χ2n) is 4.17. The highest BCUT2D eigenvalue weighted by molar-refractivity contribution is 5.88. The third kappa shape index (κ3) is 2.40. The molecule has 4 nitrogen and oxygen atoms in total. The molecule has 0 saturated carbocycles. The van der Waals surface area contributed by atoms with E-state index in [0.717, 1.165) is 0 Å². The van der Waals surface area contributed by atoms with E-state index >= 15 is 0 Å². The Morgan fingerprint density at radius 3 is 2.80 bits per heavy atom. The maximum absolute atomic E-state index is 13.5. The van der Waals surface area contributed by atoms with Crippen LogP contribution in [0, 0.1) is 11.6 Å². The van der Waals surface area contributed by atoms with Crippen molar-refractivity contribution >= 4 is 16.7 Å². The topological polar surface area (TPSA) is 50.7 Å². The molecule has 1 N–H and O–H groups in total. The van der Waals surface area contributed by atoms with Gasteiger partial charge in [-0.15, -0.1) is 0 Å². The van der Waals surface area contributed by atoms with Crippen molar-refractivity contribution in [2.24, 2.45) is 0 Å². The zero-order valence-corrected chi connectivity index (χ0v) is 10.3. The lowest BCUT2D eigenvalue weighted by atomic mass is 10.2. The first-order valence-electron chi connectivity index (χ1n) is 5.97. The minimum Gasteiger partial charge on any atom is -0.364 e. The van der Waals surface area contributed by atoms with Crippen LogP contribution in [0.25, 0.3) is 10.9 Å². The van der Waals surface area contributed by atoms with Gasteiger partial charge >= 0.3 is 0 Å². The fourth-order valence-corrected chi connectivity index (χ4v) is 1.89. The summed E-state index contributed by atoms with van der Waals surface area (Å²) >= 11 is 0. The first-order chi connectivity index (χ1) is 9.74. The van der Waals surface area contributed by atoms with E-state index in [2.05, 4.69) is 20.3 Å². The molecule has 0 saturated heterocycles. The van der Waals surface area contributed by atoms with E-state index in [1.807, 2.05) is 0 Å². The molecule has 0 unspecified atom stereocenters. The van der Waals surface area contributed by atoms with E-state index in [4.69, 9.17) is 0 Å². The first-order valence-corrected chi connectivity index (χ1v) is 5.97. The van der Waals surface area contributed by atoms with Crippen molar-refractivity contribution in [3.8, 4) is 0 Å². The van der Waals surface area contributed by atoms with Gasteiger partial charge in [0.25, 0.3) is 0 Å². The first kappa shape index (κ1) is 12.4. The molecule has 20 heavy (non-hydrogen) atoms. The zero-order valence-electron chi connectivity index (χ0n) is 10.3. The van der Waals surface area contributed by atoms with Crippen LogP contribution in [0.2, 0.25) is 0 Å². The largest absolute Gasteiger partial charge is 0.364 e. The molecule has 2 heterocycles. The minimum atomic E-state index is -0.399. The highest BCUT2D eigenvalue weighted by Gasteiger charge is 2.07. The van der Waals surface area contributed by atoms with E-state index in [9.17, 15) is 8.78 Å². The summed E-state index contributed by atoms with van der Waals surface area (Å²) in [7, 11) is 0. The summed E-state index contributed by atoms with van der Waals surface area (Å²) in [6, 6.07) is 7.10. The molecule has 0 radical (unpaired) electrons. The molecule has 100 valence electrons. The van der Waals surface area contributed by atoms with Crippen LogP contribution in [0.1, 0.15) is 5.69 Å². The summed E-state index contributed by atoms with van der Waals surface area (Å²) in [4.78, 5) is 12.0. The summed E-state index contributed by atoms with van der Waals surface area (Å²) in [5, 5.41) is 3.50. The van der Waals surface area contributed by atoms with Crippen LogP contribution in [-0.4, -0.2) is 15.0 Å². The van der Waals surface area contributed by atoms with Crippen LogP contribution in [0.4, 0.5) is 14.6 Å². The van der Waals surface area contributed by atoms with Crippen molar-refractivity contribution in [2.45, 2.75) is 6.54 Å². The molecule has 0 bridgehead atoms. The Hall–Kier alpha value is -2.63. The monoisotopic (exact) mass is 272 g/mol. The van der Waals surface area contributed by atoms with E-state index in [-0.39, 0.29) is 18.1 Å². The highest BCUT2D eigenvalue weighted by atomic mass is 19.1. The van der Waals surface area contributed by atoms with Gasteiger partial charge < -0.3 is 5.32 Å². The Balaban J connectivity index is 1.91. The van der Waals surface area contributed by atoms with Crippen molar-refractivity contribution in [1.29, 1.82) is 0 Å². The molecular weight excluding hydrogens is 262 g/mol. The number of hydrogen-bond donors (Lipinski definition) is 1. The fourth-order valence-electron chi connectivity index (χ4n) is 1.89. The van der Waals surface area contributed by atoms with Gasteiger partial charge in [-0.2, -0.15) is 0 Å². The molecule has 2 aromatic heterocycles. The van der Waals surface area contributed by atoms with E-state index < -0.39 is 5.82 Å². The number of fused-ring (bicyclic) bond motifs is 1. The number of rotatable bonds is 3. The number of aromatic nitrogens is 3. The number of benzene rings is 1. The van der Waals surface area contributed by atoms with Crippen molar-refractivity contribution in [2.75, 3.05) is 5.32 Å². The third-order valence-electron chi connectivity index (χ3n) is 2.86. The Morgan fingerprint density at radius 2 is 1.95 bits per heavy atom. The summed E-state index contributed by atoms with van der Waals surface area (Å²) in [6.45, 7) is 0.162. The van der Waals surface area contributed by atoms with Crippen LogP contribution in [0.15, 0.2) is 42.9 Å². The van der Waals surface area contributed by atoms with Gasteiger partial charge in [-0.25, -0.2) is 18.7 Å². The lowest BCUT2D eigenvalue weighted by Crippen LogP contribution is -2.06. The van der Waals surface area contributed by atoms with E-state index in [0.29, 0.717) is 16.7 Å². The SMILES string of the molecule is Fc1ccc2ncnc(NCc3ncccc3F)c2c1. The third-order valence-corrected chi connectivity index (χ3v) is 2.86. The van der Waals surface area contributed by atoms with Crippen LogP contribution >= 0.6 is 0 Å². The van der Waals surface area contributed by atoms with Crippen molar-refractivity contribution < 1.29 is 8.78 Å². The summed E-state index contributed by atoms with van der Waals surface area (Å²) in [6.07, 6.45) is 2.88. The van der Waals surface area contributed by atoms with Crippen molar-refractivity contribution in [1.82, 2.24) is 15.0 Å². The van der Waals surface area contributed by atoms with Gasteiger partial charge in [0.2, 0.25) is 0 Å². The fraction of sp³-hybridized carbons (Fsp3) is 0.0714. The van der Waals surface area contributed by atoms with Crippen molar-refractivity contribution in [3.63, 3.8) is 0 Å². The average molecular weight is 272 g/mol. The zero-order chi connectivity index (χ0) is 13.9. The summed E-state index contributed by atoms with van der Waals surface area (Å²) in [5.41, 5.74) is 0.890. The average Bonchev–Trinajstić information content (AvgIpc) is 2.46. The summed E-state index contributed by atoms with van der Waals surface area (Å²) < 4.78 is 26.8. The van der Waals surface area contributed by atoms with Gasteiger partial charge in [-0.3, -0.25) is 4.98 Å². The second kappa shape index (κ2) is 5.16. The Morgan fingerprint density at radius 1 is 1.05 bits per heavy atom. The number of halogens is 2. The maximum Gasteiger partial charge on any atom is 0.146 e. The molecule has 3 rings (SSSR count). The van der Waals surface area contributed by atoms with Crippen LogP contribution in [0.5, 0.6) is 0 Å². The minimum absolute atomic E-state index is 0.162. The normalized spacial score (nSPS) is 10.7. The molecule has 0 spiro atoms. The molecular formula is C14H10F2N4. The quantitative estimate of drug-likeness (QED) is 0.796. The Bertz CT molecular complexity index is 761. The van der Waals surface area contributed by atoms with E-state index in [1.165, 1.54) is 36.8 Å². The molecule has 0 atom stereocenters. The lowest BCUT2D eigenvalue weighted by molar-refractivity contribution is 0.602. The predicted octanol–water partition coefficient (Wildman–Crippen LogP) is 2.92. The molecule has 0 amide bonds. The van der Waals surface area contributed by atoms with Crippen LogP contribution in [-0.2, 0) is 6.54 Å². The number of nitrogens with zero attached hydrogens (tertiary/aromatic N) is 3. The molecule has 0 aliphatic heterocycles. The smallest absolute Gasteiger partial charge is 0.146 e. The molecule has 0 aliphatic rings. The number of pyridine rings is 1. The highest BCUT2D eigenvalue weighted by Crippen LogP contribution is 2.20.